The number of hydrogen-bond acceptors (Lipinski definition) is 9. The maximum absolute atomic E-state index is 13.1. The Balaban J connectivity index is 1.86. The van der Waals surface area contributed by atoms with Gasteiger partial charge in [0.15, 0.2) is 0 Å². The first kappa shape index (κ1) is 35.9. The van der Waals surface area contributed by atoms with Crippen molar-refractivity contribution in [1.29, 1.82) is 0 Å². The normalized spacial score (nSPS) is 31.4. The molecule has 0 radical (unpaired) electrons. The molecule has 0 N–H and O–H groups in total. The van der Waals surface area contributed by atoms with Crippen LogP contribution in [0.1, 0.15) is 44.1 Å². The van der Waals surface area contributed by atoms with Gasteiger partial charge in [-0.15, -0.1) is 0 Å². The Morgan fingerprint density at radius 3 is 1.07 bits per heavy atom. The van der Waals surface area contributed by atoms with Crippen LogP contribution in [0.3, 0.4) is 0 Å². The van der Waals surface area contributed by atoms with Crippen LogP contribution in [0.25, 0.3) is 0 Å². The van der Waals surface area contributed by atoms with Gasteiger partial charge in [-0.25, -0.2) is 0 Å². The molecule has 0 aromatic heterocycles. The van der Waals surface area contributed by atoms with Gasteiger partial charge in [-0.1, -0.05) is 12.1 Å². The molecule has 4 aliphatic rings. The smallest absolute Gasteiger partial charge is 0.263 e. The zero-order valence-corrected chi connectivity index (χ0v) is 26.5. The van der Waals surface area contributed by atoms with E-state index in [9.17, 15) is 64.8 Å². The highest BCUT2D eigenvalue weighted by Crippen LogP contribution is 2.74. The van der Waals surface area contributed by atoms with E-state index >= 15 is 0 Å². The van der Waals surface area contributed by atoms with Crippen molar-refractivity contribution in [2.75, 3.05) is 19.8 Å². The summed E-state index contributed by atoms with van der Waals surface area (Å²) in [4.78, 5) is 0. The Hall–Kier alpha value is -0.950. The monoisotopic (exact) mass is 824 g/mol. The summed E-state index contributed by atoms with van der Waals surface area (Å²) in [6.07, 6.45) is -1.93. The molecule has 4 saturated carbocycles. The standard InChI is InChI=1S/C22H22F9IO9S3/c23-20(24,25)42(33,34)39-11-16-5-17(12-40-43(35,36)21(26,27)28)7-18(6-16,13-41-44(37,38)22(29,30)31)10-19(8-16,9-17)14-1-3-15(32)4-2-14/h1-4H,5-13H2. The Morgan fingerprint density at radius 2 is 0.818 bits per heavy atom. The molecule has 0 saturated heterocycles. The Morgan fingerprint density at radius 1 is 0.545 bits per heavy atom. The van der Waals surface area contributed by atoms with Crippen LogP contribution in [-0.4, -0.2) is 61.6 Å². The van der Waals surface area contributed by atoms with Gasteiger partial charge in [-0.2, -0.15) is 64.8 Å². The lowest BCUT2D eigenvalue weighted by molar-refractivity contribution is -0.202. The fourth-order valence-electron chi connectivity index (χ4n) is 7.67. The molecule has 44 heavy (non-hydrogen) atoms. The molecule has 0 aliphatic heterocycles. The highest BCUT2D eigenvalue weighted by molar-refractivity contribution is 14.1. The SMILES string of the molecule is O=S(=O)(OCC12CC3(COS(=O)(=O)C(F)(F)F)CC(COS(=O)(=O)C(F)(F)F)(C1)CC(c1ccc(I)cc1)(C2)C3)C(F)(F)F. The van der Waals surface area contributed by atoms with Gasteiger partial charge >= 0.3 is 46.9 Å². The van der Waals surface area contributed by atoms with Crippen LogP contribution in [0.2, 0.25) is 0 Å². The van der Waals surface area contributed by atoms with Crippen LogP contribution < -0.4 is 0 Å². The van der Waals surface area contributed by atoms with Crippen molar-refractivity contribution in [2.45, 2.75) is 60.5 Å². The first-order valence-corrected chi connectivity index (χ1v) is 17.5. The van der Waals surface area contributed by atoms with Crippen LogP contribution in [0.4, 0.5) is 39.5 Å². The molecule has 4 bridgehead atoms. The van der Waals surface area contributed by atoms with Crippen molar-refractivity contribution in [2.24, 2.45) is 16.2 Å². The van der Waals surface area contributed by atoms with E-state index in [1.807, 2.05) is 22.6 Å². The van der Waals surface area contributed by atoms with Crippen LogP contribution in [-0.2, 0) is 48.3 Å². The summed E-state index contributed by atoms with van der Waals surface area (Å²) < 4.78 is 203. The fraction of sp³-hybridized carbons (Fsp3) is 0.727. The summed E-state index contributed by atoms with van der Waals surface area (Å²) in [7, 11) is -18.7. The third kappa shape index (κ3) is 6.71. The van der Waals surface area contributed by atoms with E-state index in [4.69, 9.17) is 0 Å². The molecule has 0 spiro atoms. The quantitative estimate of drug-likeness (QED) is 0.131. The van der Waals surface area contributed by atoms with Gasteiger partial charge in [0.25, 0.3) is 0 Å². The van der Waals surface area contributed by atoms with Gasteiger partial charge in [0.2, 0.25) is 0 Å². The van der Waals surface area contributed by atoms with E-state index in [1.54, 1.807) is 12.1 Å². The first-order chi connectivity index (χ1) is 19.6. The second-order valence-corrected chi connectivity index (χ2v) is 17.9. The second-order valence-electron chi connectivity index (χ2n) is 11.8. The fourth-order valence-corrected chi connectivity index (χ4v) is 9.64. The Kier molecular flexibility index (Phi) is 8.80. The minimum atomic E-state index is -6.23. The average Bonchev–Trinajstić information content (AvgIpc) is 2.83. The minimum Gasteiger partial charge on any atom is -0.263 e. The number of halogens is 10. The highest BCUT2D eigenvalue weighted by Gasteiger charge is 2.70. The predicted molar refractivity (Wildman–Crippen MR) is 139 cm³/mol. The number of alkyl halides is 9. The number of benzene rings is 1. The largest absolute Gasteiger partial charge is 0.523 e. The van der Waals surface area contributed by atoms with Crippen molar-refractivity contribution in [1.82, 2.24) is 0 Å². The Bertz CT molecular complexity index is 1440. The number of hydrogen-bond donors (Lipinski definition) is 0. The van der Waals surface area contributed by atoms with Gasteiger partial charge in [-0.3, -0.25) is 12.5 Å². The topological polar surface area (TPSA) is 130 Å². The van der Waals surface area contributed by atoms with E-state index in [1.165, 1.54) is 12.1 Å². The molecule has 22 heteroatoms. The summed E-state index contributed by atoms with van der Waals surface area (Å²) in [5.74, 6) is 0. The number of rotatable bonds is 10. The third-order valence-electron chi connectivity index (χ3n) is 8.26. The summed E-state index contributed by atoms with van der Waals surface area (Å²) in [5, 5.41) is 0. The molecule has 4 fully saturated rings. The molecular formula is C22H22F9IO9S3. The molecule has 1 aromatic rings. The summed E-state index contributed by atoms with van der Waals surface area (Å²) in [6, 6.07) is 6.25. The highest BCUT2D eigenvalue weighted by atomic mass is 127. The predicted octanol–water partition coefficient (Wildman–Crippen LogP) is 5.47. The van der Waals surface area contributed by atoms with E-state index in [0.717, 1.165) is 0 Å². The van der Waals surface area contributed by atoms with Crippen molar-refractivity contribution in [3.05, 3.63) is 33.4 Å². The molecule has 5 rings (SSSR count). The van der Waals surface area contributed by atoms with Gasteiger partial charge in [0.05, 0.1) is 19.8 Å². The van der Waals surface area contributed by atoms with Crippen LogP contribution in [0, 0.1) is 19.8 Å². The lowest BCUT2D eigenvalue weighted by Crippen LogP contribution is -2.66. The molecule has 1 aromatic carbocycles. The van der Waals surface area contributed by atoms with Gasteiger partial charge < -0.3 is 0 Å². The lowest BCUT2D eigenvalue weighted by Gasteiger charge is -2.70. The Labute approximate surface area is 259 Å². The zero-order chi connectivity index (χ0) is 33.5. The van der Waals surface area contributed by atoms with Crippen molar-refractivity contribution in [3.8, 4) is 0 Å². The molecular weight excluding hydrogens is 802 g/mol. The van der Waals surface area contributed by atoms with E-state index in [-0.39, 0.29) is 19.3 Å². The van der Waals surface area contributed by atoms with Gasteiger partial charge in [0, 0.05) is 3.57 Å². The van der Waals surface area contributed by atoms with E-state index in [0.29, 0.717) is 9.13 Å². The molecule has 0 amide bonds. The van der Waals surface area contributed by atoms with Crippen molar-refractivity contribution in [3.63, 3.8) is 0 Å². The zero-order valence-electron chi connectivity index (χ0n) is 21.9. The maximum atomic E-state index is 13.1. The molecule has 9 nitrogen and oxygen atoms in total. The molecule has 0 atom stereocenters. The van der Waals surface area contributed by atoms with Crippen LogP contribution >= 0.6 is 22.6 Å². The molecule has 0 heterocycles. The van der Waals surface area contributed by atoms with Crippen molar-refractivity contribution >= 4 is 52.9 Å². The average molecular weight is 824 g/mol. The minimum absolute atomic E-state index is 0.185. The van der Waals surface area contributed by atoms with Gasteiger partial charge in [0.1, 0.15) is 0 Å². The van der Waals surface area contributed by atoms with E-state index in [2.05, 4.69) is 12.5 Å². The summed E-state index contributed by atoms with van der Waals surface area (Å²) in [5.41, 5.74) is -23.8. The molecule has 252 valence electrons. The van der Waals surface area contributed by atoms with Crippen LogP contribution in [0.15, 0.2) is 24.3 Å². The molecule has 4 aliphatic carbocycles. The molecule has 0 unspecified atom stereocenters. The van der Waals surface area contributed by atoms with Crippen LogP contribution in [0.5, 0.6) is 0 Å². The van der Waals surface area contributed by atoms with E-state index < -0.39 is 108 Å². The lowest BCUT2D eigenvalue weighted by atomic mass is 9.35. The van der Waals surface area contributed by atoms with Crippen molar-refractivity contribution < 1.29 is 77.3 Å². The first-order valence-electron chi connectivity index (χ1n) is 12.2. The van der Waals surface area contributed by atoms with Gasteiger partial charge in [-0.05, 0) is 100 Å². The summed E-state index contributed by atoms with van der Waals surface area (Å²) >= 11 is 1.93. The second kappa shape index (κ2) is 10.8. The maximum Gasteiger partial charge on any atom is 0.523 e. The summed E-state index contributed by atoms with van der Waals surface area (Å²) in [6.45, 7) is -3.74. The third-order valence-corrected chi connectivity index (χ3v) is 12.0.